The molecule has 0 saturated heterocycles. The van der Waals surface area contributed by atoms with Gasteiger partial charge in [-0.1, -0.05) is 24.8 Å². The monoisotopic (exact) mass is 362 g/mol. The van der Waals surface area contributed by atoms with Gasteiger partial charge in [-0.2, -0.15) is 0 Å². The van der Waals surface area contributed by atoms with E-state index in [4.69, 9.17) is 10.5 Å². The second-order valence-corrected chi connectivity index (χ2v) is 6.26. The predicted molar refractivity (Wildman–Crippen MR) is 108 cm³/mol. The van der Waals surface area contributed by atoms with Crippen LogP contribution in [0.1, 0.15) is 34.0 Å². The largest absolute Gasteiger partial charge is 0.492 e. The summed E-state index contributed by atoms with van der Waals surface area (Å²) in [5, 5.41) is 3.36. The number of nitrogens with two attached hydrogens (primary N) is 1. The van der Waals surface area contributed by atoms with E-state index in [-0.39, 0.29) is 5.82 Å². The Kier molecular flexibility index (Phi) is 5.66. The minimum atomic E-state index is 0.261. The number of allylic oxidation sites excluding steroid dienone is 2. The number of carbonyl (C=O) groups is 1. The van der Waals surface area contributed by atoms with Gasteiger partial charge in [-0.05, 0) is 30.2 Å². The van der Waals surface area contributed by atoms with Crippen molar-refractivity contribution < 1.29 is 9.53 Å². The van der Waals surface area contributed by atoms with Crippen LogP contribution in [0.4, 0.5) is 5.82 Å². The van der Waals surface area contributed by atoms with Gasteiger partial charge in [0, 0.05) is 42.1 Å². The van der Waals surface area contributed by atoms with Crippen molar-refractivity contribution in [2.75, 3.05) is 11.9 Å². The van der Waals surface area contributed by atoms with E-state index in [1.54, 1.807) is 18.5 Å². The molecule has 6 heteroatoms. The number of pyridine rings is 1. The van der Waals surface area contributed by atoms with Crippen molar-refractivity contribution in [1.82, 2.24) is 4.98 Å². The van der Waals surface area contributed by atoms with E-state index in [0.717, 1.165) is 46.5 Å². The third-order valence-electron chi connectivity index (χ3n) is 4.26. The number of aliphatic imine (C=N–C) groups is 1. The summed E-state index contributed by atoms with van der Waals surface area (Å²) in [6, 6.07) is 7.50. The van der Waals surface area contributed by atoms with Gasteiger partial charge in [0.2, 0.25) is 0 Å². The van der Waals surface area contributed by atoms with E-state index < -0.39 is 0 Å². The fourth-order valence-corrected chi connectivity index (χ4v) is 2.92. The topological polar surface area (TPSA) is 89.6 Å². The van der Waals surface area contributed by atoms with Gasteiger partial charge in [-0.3, -0.25) is 4.79 Å². The van der Waals surface area contributed by atoms with Crippen LogP contribution in [0, 0.1) is 0 Å². The number of aromatic nitrogens is 1. The molecular weight excluding hydrogens is 340 g/mol. The lowest BCUT2D eigenvalue weighted by Gasteiger charge is -2.13. The van der Waals surface area contributed by atoms with E-state index >= 15 is 0 Å². The normalized spacial score (nSPS) is 13.3. The summed E-state index contributed by atoms with van der Waals surface area (Å²) in [5.74, 6) is 1.92. The lowest BCUT2D eigenvalue weighted by molar-refractivity contribution is 0.112. The molecule has 3 N–H and O–H groups in total. The molecule has 3 rings (SSSR count). The van der Waals surface area contributed by atoms with Gasteiger partial charge >= 0.3 is 0 Å². The van der Waals surface area contributed by atoms with Gasteiger partial charge in [0.15, 0.2) is 0 Å². The van der Waals surface area contributed by atoms with E-state index in [1.807, 2.05) is 31.2 Å². The smallest absolute Gasteiger partial charge is 0.150 e. The molecule has 138 valence electrons. The number of carbonyl (C=O) groups excluding carboxylic acids is 1. The van der Waals surface area contributed by atoms with Gasteiger partial charge in [0.05, 0.1) is 6.61 Å². The number of nitrogens with one attached hydrogen (secondary N) is 1. The van der Waals surface area contributed by atoms with E-state index in [1.165, 1.54) is 0 Å². The van der Waals surface area contributed by atoms with Gasteiger partial charge in [0.1, 0.15) is 23.7 Å². The molecular formula is C21H22N4O2. The molecule has 1 aliphatic heterocycles. The first-order valence-corrected chi connectivity index (χ1v) is 8.67. The molecule has 0 radical (unpaired) electrons. The molecule has 27 heavy (non-hydrogen) atoms. The van der Waals surface area contributed by atoms with E-state index in [2.05, 4.69) is 21.9 Å². The molecule has 1 aromatic heterocycles. The van der Waals surface area contributed by atoms with Gasteiger partial charge in [-0.25, -0.2) is 9.98 Å². The molecule has 1 aromatic carbocycles. The van der Waals surface area contributed by atoms with Crippen LogP contribution >= 0.6 is 0 Å². The van der Waals surface area contributed by atoms with Crippen LogP contribution in [0.3, 0.4) is 0 Å². The zero-order valence-electron chi connectivity index (χ0n) is 15.2. The van der Waals surface area contributed by atoms with Gasteiger partial charge in [-0.15, -0.1) is 0 Å². The number of aldehydes is 1. The Balaban J connectivity index is 1.81. The number of rotatable bonds is 7. The number of anilines is 1. The van der Waals surface area contributed by atoms with Crippen molar-refractivity contribution in [2.24, 2.45) is 10.7 Å². The Morgan fingerprint density at radius 3 is 3.11 bits per heavy atom. The Hall–Kier alpha value is -3.41. The third-order valence-corrected chi connectivity index (χ3v) is 4.26. The van der Waals surface area contributed by atoms with Crippen molar-refractivity contribution in [3.05, 3.63) is 71.2 Å². The summed E-state index contributed by atoms with van der Waals surface area (Å²) in [6.07, 6.45) is 6.92. The fraction of sp³-hybridized carbons (Fsp3) is 0.190. The highest BCUT2D eigenvalue weighted by Crippen LogP contribution is 2.37. The summed E-state index contributed by atoms with van der Waals surface area (Å²) in [4.78, 5) is 19.5. The number of ether oxygens (including phenoxy) is 1. The first-order chi connectivity index (χ1) is 13.1. The molecule has 0 saturated carbocycles. The first kappa shape index (κ1) is 18.4. The highest BCUT2D eigenvalue weighted by atomic mass is 16.5. The molecule has 0 atom stereocenters. The summed E-state index contributed by atoms with van der Waals surface area (Å²) >= 11 is 0. The number of hydrogen-bond donors (Lipinski definition) is 2. The number of fused-ring (bicyclic) bond motifs is 1. The molecule has 0 bridgehead atoms. The van der Waals surface area contributed by atoms with Crippen LogP contribution < -0.4 is 15.8 Å². The van der Waals surface area contributed by atoms with Crippen LogP contribution in [-0.2, 0) is 13.0 Å². The van der Waals surface area contributed by atoms with E-state index in [9.17, 15) is 4.79 Å². The lowest BCUT2D eigenvalue weighted by Crippen LogP contribution is -2.05. The highest BCUT2D eigenvalue weighted by molar-refractivity contribution is 5.86. The van der Waals surface area contributed by atoms with Crippen LogP contribution in [0.5, 0.6) is 5.75 Å². The summed E-state index contributed by atoms with van der Waals surface area (Å²) < 4.78 is 5.85. The number of nitrogens with zero attached hydrogens (tertiary/aromatic N) is 2. The predicted octanol–water partition coefficient (Wildman–Crippen LogP) is 3.35. The van der Waals surface area contributed by atoms with E-state index in [0.29, 0.717) is 18.7 Å². The maximum atomic E-state index is 10.9. The Morgan fingerprint density at radius 2 is 2.33 bits per heavy atom. The molecule has 0 spiro atoms. The average Bonchev–Trinajstić information content (AvgIpc) is 3.16. The minimum Gasteiger partial charge on any atom is -0.492 e. The lowest BCUT2D eigenvalue weighted by atomic mass is 10.0. The van der Waals surface area contributed by atoms with Gasteiger partial charge in [0.25, 0.3) is 0 Å². The zero-order valence-corrected chi connectivity index (χ0v) is 15.2. The van der Waals surface area contributed by atoms with Crippen LogP contribution in [0.15, 0.2) is 53.9 Å². The summed E-state index contributed by atoms with van der Waals surface area (Å²) in [5.41, 5.74) is 10.1. The molecule has 2 heterocycles. The Bertz CT molecular complexity index is 932. The number of hydrogen-bond acceptors (Lipinski definition) is 6. The second kappa shape index (κ2) is 8.31. The summed E-state index contributed by atoms with van der Waals surface area (Å²) in [7, 11) is 0. The molecule has 0 amide bonds. The van der Waals surface area contributed by atoms with Crippen LogP contribution in [0.25, 0.3) is 5.57 Å². The molecule has 2 aromatic rings. The van der Waals surface area contributed by atoms with Crippen molar-refractivity contribution in [3.8, 4) is 5.75 Å². The fourth-order valence-electron chi connectivity index (χ4n) is 2.92. The summed E-state index contributed by atoms with van der Waals surface area (Å²) in [6.45, 7) is 6.72. The second-order valence-electron chi connectivity index (χ2n) is 6.26. The molecule has 0 fully saturated rings. The third kappa shape index (κ3) is 4.41. The van der Waals surface area contributed by atoms with Crippen LogP contribution in [-0.4, -0.2) is 24.1 Å². The Morgan fingerprint density at radius 1 is 1.48 bits per heavy atom. The molecule has 1 aliphatic rings. The van der Waals surface area contributed by atoms with Crippen molar-refractivity contribution in [2.45, 2.75) is 19.9 Å². The molecule has 6 nitrogen and oxygen atoms in total. The standard InChI is InChI=1S/C21H22N4O2/c1-14(6-8-23-15(2)22)19-12-25-21(18-7-9-27-20(18)19)24-11-16-4-3-5-17(10-16)13-26/h3-6,8,10,12-13H,2,7,9,11,22H2,1H3,(H,24,25)/b14-6+,23-8-. The zero-order chi connectivity index (χ0) is 19.2. The minimum absolute atomic E-state index is 0.261. The Labute approximate surface area is 158 Å². The first-order valence-electron chi connectivity index (χ1n) is 8.67. The highest BCUT2D eigenvalue weighted by Gasteiger charge is 2.22. The molecule has 0 aliphatic carbocycles. The quantitative estimate of drug-likeness (QED) is 0.582. The van der Waals surface area contributed by atoms with Crippen molar-refractivity contribution in [1.29, 1.82) is 0 Å². The maximum Gasteiger partial charge on any atom is 0.150 e. The van der Waals surface area contributed by atoms with Crippen molar-refractivity contribution in [3.63, 3.8) is 0 Å². The van der Waals surface area contributed by atoms with Crippen molar-refractivity contribution >= 4 is 23.9 Å². The average molecular weight is 362 g/mol. The van der Waals surface area contributed by atoms with Gasteiger partial charge < -0.3 is 15.8 Å². The SMILES string of the molecule is C=C(N)/N=C\C=C(/C)c1cnc(NCc2cccc(C=O)c2)c2c1OCC2. The maximum absolute atomic E-state index is 10.9. The van der Waals surface area contributed by atoms with Crippen LogP contribution in [0.2, 0.25) is 0 Å². The number of benzene rings is 1. The molecule has 0 unspecified atom stereocenters.